The molecule has 1 fully saturated rings. The zero-order chi connectivity index (χ0) is 12.3. The topological polar surface area (TPSA) is 65.6 Å². The number of hydrogen-bond acceptors (Lipinski definition) is 4. The van der Waals surface area contributed by atoms with Crippen molar-refractivity contribution in [1.29, 1.82) is 0 Å². The second kappa shape index (κ2) is 5.44. The number of aromatic amines is 1. The molecule has 17 heavy (non-hydrogen) atoms. The lowest BCUT2D eigenvalue weighted by molar-refractivity contribution is -0.0926. The molecule has 94 valence electrons. The van der Waals surface area contributed by atoms with Gasteiger partial charge in [0.25, 0.3) is 0 Å². The number of morpholine rings is 1. The molecule has 2 N–H and O–H groups in total. The summed E-state index contributed by atoms with van der Waals surface area (Å²) in [5.74, 6) is 0.0702. The number of H-pyrrole nitrogens is 1. The highest BCUT2D eigenvalue weighted by Gasteiger charge is 2.26. The molecule has 0 aliphatic carbocycles. The number of aromatic nitrogens is 1. The number of carbonyl (C=O) groups is 1. The van der Waals surface area contributed by atoms with Gasteiger partial charge in [0.1, 0.15) is 0 Å². The van der Waals surface area contributed by atoms with Gasteiger partial charge in [0.15, 0.2) is 5.78 Å². The lowest BCUT2D eigenvalue weighted by atomic mass is 10.2. The van der Waals surface area contributed by atoms with E-state index in [0.717, 1.165) is 6.54 Å². The molecular formula is C12H18N2O3. The fourth-order valence-corrected chi connectivity index (χ4v) is 2.16. The fourth-order valence-electron chi connectivity index (χ4n) is 2.16. The molecule has 2 unspecified atom stereocenters. The Bertz CT molecular complexity index is 364. The molecular weight excluding hydrogens is 220 g/mol. The molecule has 0 spiro atoms. The number of aliphatic hydroxyl groups excluding tert-OH is 1. The molecule has 0 amide bonds. The second-order valence-corrected chi connectivity index (χ2v) is 4.45. The van der Waals surface area contributed by atoms with Crippen LogP contribution in [0.4, 0.5) is 0 Å². The Labute approximate surface area is 100 Å². The zero-order valence-electron chi connectivity index (χ0n) is 9.93. The third kappa shape index (κ3) is 3.15. The monoisotopic (exact) mass is 238 g/mol. The van der Waals surface area contributed by atoms with Crippen molar-refractivity contribution in [1.82, 2.24) is 9.88 Å². The van der Waals surface area contributed by atoms with Gasteiger partial charge in [0, 0.05) is 19.3 Å². The molecule has 2 rings (SSSR count). The van der Waals surface area contributed by atoms with Crippen LogP contribution in [0.3, 0.4) is 0 Å². The molecule has 0 bridgehead atoms. The second-order valence-electron chi connectivity index (χ2n) is 4.45. The molecule has 1 aromatic rings. The summed E-state index contributed by atoms with van der Waals surface area (Å²) in [6, 6.07) is 3.58. The predicted octanol–water partition coefficient (Wildman–Crippen LogP) is 0.279. The summed E-state index contributed by atoms with van der Waals surface area (Å²) in [5.41, 5.74) is 0.629. The van der Waals surface area contributed by atoms with E-state index in [2.05, 4.69) is 4.98 Å². The summed E-state index contributed by atoms with van der Waals surface area (Å²) >= 11 is 0. The maximum absolute atomic E-state index is 11.9. The molecule has 0 saturated carbocycles. The molecule has 1 aliphatic heterocycles. The quantitative estimate of drug-likeness (QED) is 0.739. The Kier molecular flexibility index (Phi) is 3.93. The summed E-state index contributed by atoms with van der Waals surface area (Å²) in [6.07, 6.45) is 1.61. The highest BCUT2D eigenvalue weighted by molar-refractivity contribution is 5.95. The van der Waals surface area contributed by atoms with E-state index in [1.165, 1.54) is 0 Å². The summed E-state index contributed by atoms with van der Waals surface area (Å²) in [4.78, 5) is 16.8. The molecule has 1 aliphatic rings. The first-order valence-corrected chi connectivity index (χ1v) is 5.84. The van der Waals surface area contributed by atoms with E-state index in [1.807, 2.05) is 17.9 Å². The SMILES string of the molecule is CC1CN(CC(=O)c2ccc[nH]2)CC(CO)O1. The van der Waals surface area contributed by atoms with E-state index < -0.39 is 0 Å². The van der Waals surface area contributed by atoms with Crippen molar-refractivity contribution < 1.29 is 14.6 Å². The van der Waals surface area contributed by atoms with Crippen LogP contribution in [-0.2, 0) is 4.74 Å². The minimum Gasteiger partial charge on any atom is -0.394 e. The van der Waals surface area contributed by atoms with Crippen molar-refractivity contribution in [3.8, 4) is 0 Å². The van der Waals surface area contributed by atoms with Crippen molar-refractivity contribution in [2.45, 2.75) is 19.1 Å². The Balaban J connectivity index is 1.92. The van der Waals surface area contributed by atoms with Crippen LogP contribution in [-0.4, -0.2) is 59.2 Å². The van der Waals surface area contributed by atoms with Gasteiger partial charge < -0.3 is 14.8 Å². The van der Waals surface area contributed by atoms with Crippen molar-refractivity contribution >= 4 is 5.78 Å². The molecule has 0 radical (unpaired) electrons. The Morgan fingerprint density at radius 3 is 3.12 bits per heavy atom. The van der Waals surface area contributed by atoms with E-state index in [9.17, 15) is 4.79 Å². The summed E-state index contributed by atoms with van der Waals surface area (Å²) in [5, 5.41) is 9.10. The van der Waals surface area contributed by atoms with Crippen LogP contribution < -0.4 is 0 Å². The highest BCUT2D eigenvalue weighted by atomic mass is 16.5. The van der Waals surface area contributed by atoms with Crippen LogP contribution in [0, 0.1) is 0 Å². The van der Waals surface area contributed by atoms with Gasteiger partial charge in [-0.1, -0.05) is 0 Å². The number of carbonyl (C=O) groups excluding carboxylic acids is 1. The van der Waals surface area contributed by atoms with Crippen molar-refractivity contribution in [2.75, 3.05) is 26.2 Å². The van der Waals surface area contributed by atoms with E-state index in [0.29, 0.717) is 18.8 Å². The van der Waals surface area contributed by atoms with Crippen molar-refractivity contribution in [3.05, 3.63) is 24.0 Å². The van der Waals surface area contributed by atoms with Gasteiger partial charge in [0.05, 0.1) is 31.1 Å². The number of rotatable bonds is 4. The van der Waals surface area contributed by atoms with Gasteiger partial charge in [-0.05, 0) is 19.1 Å². The Hall–Kier alpha value is -1.17. The molecule has 0 aromatic carbocycles. The first-order valence-electron chi connectivity index (χ1n) is 5.84. The third-order valence-electron chi connectivity index (χ3n) is 2.87. The van der Waals surface area contributed by atoms with Gasteiger partial charge >= 0.3 is 0 Å². The molecule has 2 heterocycles. The smallest absolute Gasteiger partial charge is 0.192 e. The Morgan fingerprint density at radius 2 is 2.47 bits per heavy atom. The maximum atomic E-state index is 11.9. The molecule has 1 saturated heterocycles. The van der Waals surface area contributed by atoms with Gasteiger partial charge in [-0.25, -0.2) is 0 Å². The molecule has 2 atom stereocenters. The number of aliphatic hydroxyl groups is 1. The summed E-state index contributed by atoms with van der Waals surface area (Å²) in [6.45, 7) is 3.65. The lowest BCUT2D eigenvalue weighted by Gasteiger charge is -2.35. The van der Waals surface area contributed by atoms with Gasteiger partial charge in [0.2, 0.25) is 0 Å². The number of hydrogen-bond donors (Lipinski definition) is 2. The normalized spacial score (nSPS) is 26.0. The van der Waals surface area contributed by atoms with Crippen LogP contribution in [0.1, 0.15) is 17.4 Å². The number of ketones is 1. The van der Waals surface area contributed by atoms with Crippen LogP contribution in [0.25, 0.3) is 0 Å². The first-order chi connectivity index (χ1) is 8.19. The van der Waals surface area contributed by atoms with Crippen molar-refractivity contribution in [3.63, 3.8) is 0 Å². The third-order valence-corrected chi connectivity index (χ3v) is 2.87. The van der Waals surface area contributed by atoms with E-state index in [1.54, 1.807) is 12.3 Å². The van der Waals surface area contributed by atoms with Crippen LogP contribution >= 0.6 is 0 Å². The highest BCUT2D eigenvalue weighted by Crippen LogP contribution is 2.11. The molecule has 1 aromatic heterocycles. The summed E-state index contributed by atoms with van der Waals surface area (Å²) in [7, 11) is 0. The maximum Gasteiger partial charge on any atom is 0.192 e. The average Bonchev–Trinajstić information content (AvgIpc) is 2.81. The minimum atomic E-state index is -0.185. The van der Waals surface area contributed by atoms with E-state index in [-0.39, 0.29) is 24.6 Å². The van der Waals surface area contributed by atoms with Gasteiger partial charge in [-0.15, -0.1) is 0 Å². The zero-order valence-corrected chi connectivity index (χ0v) is 9.93. The molecule has 5 heteroatoms. The van der Waals surface area contributed by atoms with Crippen molar-refractivity contribution in [2.24, 2.45) is 0 Å². The summed E-state index contributed by atoms with van der Waals surface area (Å²) < 4.78 is 5.53. The number of Topliss-reactive ketones (excluding diaryl/α,β-unsaturated/α-hetero) is 1. The van der Waals surface area contributed by atoms with Gasteiger partial charge in [-0.3, -0.25) is 9.69 Å². The Morgan fingerprint density at radius 1 is 1.65 bits per heavy atom. The number of nitrogens with zero attached hydrogens (tertiary/aromatic N) is 1. The predicted molar refractivity (Wildman–Crippen MR) is 63.0 cm³/mol. The number of ether oxygens (including phenoxy) is 1. The largest absolute Gasteiger partial charge is 0.394 e. The van der Waals surface area contributed by atoms with E-state index in [4.69, 9.17) is 9.84 Å². The number of nitrogens with one attached hydrogen (secondary N) is 1. The van der Waals surface area contributed by atoms with E-state index >= 15 is 0 Å². The molecule has 5 nitrogen and oxygen atoms in total. The minimum absolute atomic E-state index is 0.00245. The first kappa shape index (κ1) is 12.3. The standard InChI is InChI=1S/C12H18N2O3/c1-9-5-14(6-10(8-15)17-9)7-12(16)11-3-2-4-13-11/h2-4,9-10,13,15H,5-8H2,1H3. The van der Waals surface area contributed by atoms with Crippen LogP contribution in [0.5, 0.6) is 0 Å². The lowest BCUT2D eigenvalue weighted by Crippen LogP contribution is -2.49. The van der Waals surface area contributed by atoms with Gasteiger partial charge in [-0.2, -0.15) is 0 Å². The average molecular weight is 238 g/mol. The van der Waals surface area contributed by atoms with Crippen LogP contribution in [0.15, 0.2) is 18.3 Å². The fraction of sp³-hybridized carbons (Fsp3) is 0.583. The van der Waals surface area contributed by atoms with Crippen LogP contribution in [0.2, 0.25) is 0 Å².